The number of para-hydroxylation sites is 1. The van der Waals surface area contributed by atoms with Crippen LogP contribution in [0.3, 0.4) is 0 Å². The number of aromatic hydroxyl groups is 1. The number of rotatable bonds is 5. The van der Waals surface area contributed by atoms with Gasteiger partial charge in [0.25, 0.3) is 0 Å². The summed E-state index contributed by atoms with van der Waals surface area (Å²) in [5.41, 5.74) is 3.07. The summed E-state index contributed by atoms with van der Waals surface area (Å²) in [6.07, 6.45) is -0.251. The quantitative estimate of drug-likeness (QED) is 0.384. The molecule has 0 atom stereocenters. The number of aliphatic imine (C=N–C) groups is 1. The fourth-order valence-electron chi connectivity index (χ4n) is 5.49. The maximum Gasteiger partial charge on any atom is 0.410 e. The number of aromatic amines is 1. The summed E-state index contributed by atoms with van der Waals surface area (Å²) in [7, 11) is 0. The lowest BCUT2D eigenvalue weighted by Gasteiger charge is -2.59. The molecule has 38 heavy (non-hydrogen) atoms. The van der Waals surface area contributed by atoms with Crippen LogP contribution in [0.4, 0.5) is 14.9 Å². The third kappa shape index (κ3) is 4.38. The summed E-state index contributed by atoms with van der Waals surface area (Å²) in [5, 5.41) is 15.6. The van der Waals surface area contributed by atoms with Gasteiger partial charge in [-0.05, 0) is 45.0 Å². The van der Waals surface area contributed by atoms with E-state index in [1.54, 1.807) is 11.0 Å². The number of nitrogens with one attached hydrogen (secondary N) is 1. The van der Waals surface area contributed by atoms with Gasteiger partial charge in [0.1, 0.15) is 29.4 Å². The molecule has 0 saturated carbocycles. The first kappa shape index (κ1) is 24.4. The van der Waals surface area contributed by atoms with E-state index in [1.807, 2.05) is 45.0 Å². The summed E-state index contributed by atoms with van der Waals surface area (Å²) >= 11 is 0. The zero-order valence-electron chi connectivity index (χ0n) is 21.6. The number of benzene rings is 2. The Kier molecular flexibility index (Phi) is 5.68. The first-order valence-corrected chi connectivity index (χ1v) is 12.7. The Morgan fingerprint density at radius 1 is 1.18 bits per heavy atom. The van der Waals surface area contributed by atoms with Crippen LogP contribution in [0, 0.1) is 11.2 Å². The van der Waals surface area contributed by atoms with Crippen LogP contribution >= 0.6 is 0 Å². The van der Waals surface area contributed by atoms with Gasteiger partial charge in [0, 0.05) is 54.6 Å². The smallest absolute Gasteiger partial charge is 0.410 e. The van der Waals surface area contributed by atoms with E-state index in [9.17, 15) is 14.3 Å². The molecule has 1 spiro atoms. The van der Waals surface area contributed by atoms with Crippen molar-refractivity contribution in [3.8, 4) is 5.88 Å². The van der Waals surface area contributed by atoms with Crippen molar-refractivity contribution in [2.75, 3.05) is 39.3 Å². The fraction of sp³-hybridized carbons (Fsp3) is 0.393. The molecule has 9 nitrogen and oxygen atoms in total. The number of hydrogen-bond donors (Lipinski definition) is 2. The first-order valence-electron chi connectivity index (χ1n) is 12.7. The van der Waals surface area contributed by atoms with E-state index in [4.69, 9.17) is 9.57 Å². The normalized spacial score (nSPS) is 19.3. The van der Waals surface area contributed by atoms with Gasteiger partial charge in [-0.15, -0.1) is 0 Å². The molecule has 3 aliphatic rings. The molecule has 4 heterocycles. The summed E-state index contributed by atoms with van der Waals surface area (Å²) in [6, 6.07) is 11.8. The number of carbonyl (C=O) groups excluding carboxylic acids is 1. The predicted molar refractivity (Wildman–Crippen MR) is 142 cm³/mol. The zero-order chi connectivity index (χ0) is 26.7. The van der Waals surface area contributed by atoms with Crippen molar-refractivity contribution in [3.05, 3.63) is 59.4 Å². The van der Waals surface area contributed by atoms with E-state index in [1.165, 1.54) is 12.1 Å². The number of likely N-dealkylation sites (tertiary alicyclic amines) is 2. The molecule has 3 aromatic rings. The van der Waals surface area contributed by atoms with Crippen LogP contribution in [0.5, 0.6) is 5.88 Å². The number of aromatic nitrogens is 1. The topological polar surface area (TPSA) is 103 Å². The lowest BCUT2D eigenvalue weighted by Crippen LogP contribution is -2.73. The number of halogens is 1. The van der Waals surface area contributed by atoms with Gasteiger partial charge >= 0.3 is 6.09 Å². The first-order chi connectivity index (χ1) is 18.1. The predicted octanol–water partition coefficient (Wildman–Crippen LogP) is 4.42. The zero-order valence-corrected chi connectivity index (χ0v) is 21.6. The van der Waals surface area contributed by atoms with Gasteiger partial charge in [-0.1, -0.05) is 23.4 Å². The Bertz CT molecular complexity index is 1470. The average Bonchev–Trinajstić information content (AvgIpc) is 3.31. The third-order valence-electron chi connectivity index (χ3n) is 7.07. The van der Waals surface area contributed by atoms with Crippen LogP contribution < -0.4 is 0 Å². The molecule has 0 bridgehead atoms. The van der Waals surface area contributed by atoms with Gasteiger partial charge in [0.2, 0.25) is 0 Å². The summed E-state index contributed by atoms with van der Waals surface area (Å²) in [4.78, 5) is 29.6. The van der Waals surface area contributed by atoms with Gasteiger partial charge in [-0.3, -0.25) is 4.90 Å². The molecule has 0 radical (unpaired) electrons. The number of hydrogen-bond acceptors (Lipinski definition) is 7. The van der Waals surface area contributed by atoms with Crippen molar-refractivity contribution in [2.45, 2.75) is 26.4 Å². The fourth-order valence-corrected chi connectivity index (χ4v) is 5.49. The maximum absolute atomic E-state index is 14.0. The van der Waals surface area contributed by atoms with E-state index in [0.717, 1.165) is 18.7 Å². The number of amides is 1. The average molecular weight is 520 g/mol. The van der Waals surface area contributed by atoms with E-state index in [-0.39, 0.29) is 17.4 Å². The molecule has 2 fully saturated rings. The van der Waals surface area contributed by atoms with Crippen molar-refractivity contribution in [2.24, 2.45) is 15.6 Å². The monoisotopic (exact) mass is 519 g/mol. The number of oxime groups is 1. The van der Waals surface area contributed by atoms with Crippen LogP contribution in [0.15, 0.2) is 52.6 Å². The molecular formula is C28H30FN5O4. The highest BCUT2D eigenvalue weighted by Crippen LogP contribution is 2.40. The minimum atomic E-state index is -0.488. The van der Waals surface area contributed by atoms with Crippen molar-refractivity contribution in [1.82, 2.24) is 14.8 Å². The van der Waals surface area contributed by atoms with Gasteiger partial charge in [-0.25, -0.2) is 14.2 Å². The number of carbonyl (C=O) groups is 1. The number of fused-ring (bicyclic) bond motifs is 2. The van der Waals surface area contributed by atoms with Crippen LogP contribution in [0.25, 0.3) is 10.9 Å². The second kappa shape index (κ2) is 8.83. The van der Waals surface area contributed by atoms with Gasteiger partial charge in [-0.2, -0.15) is 0 Å². The van der Waals surface area contributed by atoms with Gasteiger partial charge in [0.05, 0.1) is 11.3 Å². The van der Waals surface area contributed by atoms with E-state index >= 15 is 0 Å². The number of ether oxygens (including phenoxy) is 1. The molecule has 1 aromatic heterocycles. The minimum Gasteiger partial charge on any atom is -0.494 e. The van der Waals surface area contributed by atoms with E-state index in [0.29, 0.717) is 59.8 Å². The van der Waals surface area contributed by atoms with E-state index < -0.39 is 11.4 Å². The molecular weight excluding hydrogens is 489 g/mol. The standard InChI is InChI=1S/C28H30FN5O4/c1-27(2,3)38-26(36)34-15-28(16-34)13-33(14-28)10-11-37-32-23-18-6-4-5-7-20(18)30-24(23)22-19-12-17(29)8-9-21(19)31-25(22)35/h4-9,12,31,35H,10-11,13-16H2,1-3H3/b32-23+. The largest absolute Gasteiger partial charge is 0.494 e. The Hall–Kier alpha value is -3.92. The number of nitrogens with zero attached hydrogens (tertiary/aromatic N) is 4. The highest BCUT2D eigenvalue weighted by Gasteiger charge is 2.53. The Labute approximate surface area is 219 Å². The number of H-pyrrole nitrogens is 1. The van der Waals surface area contributed by atoms with Gasteiger partial charge < -0.3 is 24.6 Å². The second-order valence-electron chi connectivity index (χ2n) is 11.3. The Balaban J connectivity index is 1.09. The highest BCUT2D eigenvalue weighted by atomic mass is 19.1. The molecule has 198 valence electrons. The van der Waals surface area contributed by atoms with Crippen molar-refractivity contribution in [3.63, 3.8) is 0 Å². The SMILES string of the molecule is CC(C)(C)OC(=O)N1CC2(CN(CCO/N=C3/C(c4c(O)[nH]c5ccc(F)cc45)=Nc4ccccc43)C2)C1. The lowest BCUT2D eigenvalue weighted by atomic mass is 9.73. The molecule has 6 rings (SSSR count). The second-order valence-corrected chi connectivity index (χ2v) is 11.3. The molecule has 10 heteroatoms. The third-order valence-corrected chi connectivity index (χ3v) is 7.07. The molecule has 2 saturated heterocycles. The van der Waals surface area contributed by atoms with E-state index in [2.05, 4.69) is 20.0 Å². The van der Waals surface area contributed by atoms with Crippen LogP contribution in [0.2, 0.25) is 0 Å². The highest BCUT2D eigenvalue weighted by molar-refractivity contribution is 6.58. The van der Waals surface area contributed by atoms with Crippen molar-refractivity contribution >= 4 is 34.1 Å². The summed E-state index contributed by atoms with van der Waals surface area (Å²) < 4.78 is 19.5. The molecule has 0 unspecified atom stereocenters. The van der Waals surface area contributed by atoms with Crippen molar-refractivity contribution < 1.29 is 23.9 Å². The maximum atomic E-state index is 14.0. The molecule has 1 amide bonds. The van der Waals surface area contributed by atoms with Gasteiger partial charge in [0.15, 0.2) is 5.88 Å². The molecule has 2 aromatic carbocycles. The van der Waals surface area contributed by atoms with Crippen LogP contribution in [-0.4, -0.2) is 82.3 Å². The Morgan fingerprint density at radius 3 is 2.71 bits per heavy atom. The molecule has 0 aliphatic carbocycles. The molecule has 3 aliphatic heterocycles. The molecule has 2 N–H and O–H groups in total. The Morgan fingerprint density at radius 2 is 1.95 bits per heavy atom. The minimum absolute atomic E-state index is 0.100. The summed E-state index contributed by atoms with van der Waals surface area (Å²) in [5.74, 6) is -0.506. The van der Waals surface area contributed by atoms with Crippen molar-refractivity contribution in [1.29, 1.82) is 0 Å². The summed E-state index contributed by atoms with van der Waals surface area (Å²) in [6.45, 7) is 9.92. The lowest BCUT2D eigenvalue weighted by molar-refractivity contribution is -0.116. The van der Waals surface area contributed by atoms with Crippen LogP contribution in [-0.2, 0) is 9.57 Å². The van der Waals surface area contributed by atoms with Crippen LogP contribution in [0.1, 0.15) is 31.9 Å².